The minimum atomic E-state index is -4.45. The third-order valence-electron chi connectivity index (χ3n) is 5.07. The van der Waals surface area contributed by atoms with Gasteiger partial charge in [0.25, 0.3) is 0 Å². The molecule has 0 aliphatic carbocycles. The van der Waals surface area contributed by atoms with E-state index in [0.29, 0.717) is 25.9 Å². The highest BCUT2D eigenvalue weighted by atomic mass is 32.1. The summed E-state index contributed by atoms with van der Waals surface area (Å²) >= 11 is 1.56. The standard InChI is InChI=1S/C20H24F3N3OS/c1-2-15-13-28-19(24-15)25-16-8-10-26(11-9-16)18(27)12-17(20(21,22)23)14-6-4-3-5-7-14/h3-7,13,16-17H,2,8-12H2,1H3,(H,24,25). The highest BCUT2D eigenvalue weighted by Gasteiger charge is 2.42. The fraction of sp³-hybridized carbons (Fsp3) is 0.500. The molecule has 0 bridgehead atoms. The summed E-state index contributed by atoms with van der Waals surface area (Å²) in [6, 6.07) is 7.85. The van der Waals surface area contributed by atoms with Crippen molar-refractivity contribution in [1.82, 2.24) is 9.88 Å². The first kappa shape index (κ1) is 20.6. The second-order valence-corrected chi connectivity index (χ2v) is 7.86. The molecule has 0 saturated carbocycles. The number of rotatable bonds is 6. The van der Waals surface area contributed by atoms with Gasteiger partial charge in [0.1, 0.15) is 0 Å². The highest BCUT2D eigenvalue weighted by Crippen LogP contribution is 2.38. The number of carbonyl (C=O) groups is 1. The van der Waals surface area contributed by atoms with Crippen molar-refractivity contribution in [3.63, 3.8) is 0 Å². The molecule has 1 aromatic heterocycles. The lowest BCUT2D eigenvalue weighted by molar-refractivity contribution is -0.161. The summed E-state index contributed by atoms with van der Waals surface area (Å²) in [4.78, 5) is 18.6. The van der Waals surface area contributed by atoms with Crippen molar-refractivity contribution in [2.24, 2.45) is 0 Å². The van der Waals surface area contributed by atoms with Crippen LogP contribution in [0.4, 0.5) is 18.3 Å². The van der Waals surface area contributed by atoms with Gasteiger partial charge in [-0.2, -0.15) is 13.2 Å². The van der Waals surface area contributed by atoms with Crippen LogP contribution in [0.2, 0.25) is 0 Å². The molecule has 0 radical (unpaired) electrons. The molecule has 1 fully saturated rings. The molecule has 1 N–H and O–H groups in total. The van der Waals surface area contributed by atoms with Crippen molar-refractivity contribution in [2.45, 2.75) is 50.7 Å². The summed E-state index contributed by atoms with van der Waals surface area (Å²) in [6.07, 6.45) is -2.70. The van der Waals surface area contributed by atoms with E-state index in [2.05, 4.69) is 10.3 Å². The normalized spacial score (nSPS) is 16.8. The van der Waals surface area contributed by atoms with E-state index >= 15 is 0 Å². The molecule has 28 heavy (non-hydrogen) atoms. The number of piperidine rings is 1. The summed E-state index contributed by atoms with van der Waals surface area (Å²) in [5, 5.41) is 6.25. The molecule has 2 aromatic rings. The number of nitrogens with zero attached hydrogens (tertiary/aromatic N) is 2. The molecule has 4 nitrogen and oxygen atoms in total. The van der Waals surface area contributed by atoms with Crippen molar-refractivity contribution in [1.29, 1.82) is 0 Å². The number of aromatic nitrogens is 1. The Morgan fingerprint density at radius 2 is 1.96 bits per heavy atom. The Labute approximate surface area is 166 Å². The molecule has 1 amide bonds. The van der Waals surface area contributed by atoms with Gasteiger partial charge in [0.15, 0.2) is 5.13 Å². The number of thiazole rings is 1. The summed E-state index contributed by atoms with van der Waals surface area (Å²) in [5.41, 5.74) is 1.18. The van der Waals surface area contributed by atoms with Crippen molar-refractivity contribution in [3.8, 4) is 0 Å². The van der Waals surface area contributed by atoms with E-state index in [9.17, 15) is 18.0 Å². The van der Waals surface area contributed by atoms with Crippen LogP contribution in [-0.2, 0) is 11.2 Å². The zero-order chi connectivity index (χ0) is 20.1. The number of alkyl halides is 3. The molecule has 1 unspecified atom stereocenters. The molecule has 1 atom stereocenters. The number of benzene rings is 1. The Balaban J connectivity index is 1.55. The van der Waals surface area contributed by atoms with E-state index in [-0.39, 0.29) is 11.6 Å². The molecule has 1 aliphatic heterocycles. The van der Waals surface area contributed by atoms with E-state index in [1.165, 1.54) is 12.1 Å². The predicted molar refractivity (Wildman–Crippen MR) is 105 cm³/mol. The quantitative estimate of drug-likeness (QED) is 0.740. The van der Waals surface area contributed by atoms with Crippen molar-refractivity contribution in [2.75, 3.05) is 18.4 Å². The highest BCUT2D eigenvalue weighted by molar-refractivity contribution is 7.13. The van der Waals surface area contributed by atoms with Gasteiger partial charge in [-0.3, -0.25) is 4.79 Å². The maximum atomic E-state index is 13.5. The molecule has 3 rings (SSSR count). The summed E-state index contributed by atoms with van der Waals surface area (Å²) in [5.74, 6) is -2.20. The molecular weight excluding hydrogens is 387 g/mol. The van der Waals surface area contributed by atoms with Gasteiger partial charge in [-0.05, 0) is 24.8 Å². The van der Waals surface area contributed by atoms with Gasteiger partial charge in [0.2, 0.25) is 5.91 Å². The van der Waals surface area contributed by atoms with Gasteiger partial charge < -0.3 is 10.2 Å². The summed E-state index contributed by atoms with van der Waals surface area (Å²) in [7, 11) is 0. The molecule has 8 heteroatoms. The zero-order valence-electron chi connectivity index (χ0n) is 15.7. The number of likely N-dealkylation sites (tertiary alicyclic amines) is 1. The molecule has 1 aromatic carbocycles. The lowest BCUT2D eigenvalue weighted by atomic mass is 9.94. The molecular formula is C20H24F3N3OS. The lowest BCUT2D eigenvalue weighted by Crippen LogP contribution is -2.43. The fourth-order valence-electron chi connectivity index (χ4n) is 3.40. The van der Waals surface area contributed by atoms with Crippen molar-refractivity contribution >= 4 is 22.4 Å². The van der Waals surface area contributed by atoms with Crippen LogP contribution in [-0.4, -0.2) is 41.1 Å². The second-order valence-electron chi connectivity index (χ2n) is 7.01. The molecule has 1 saturated heterocycles. The zero-order valence-corrected chi connectivity index (χ0v) is 16.5. The van der Waals surface area contributed by atoms with Crippen LogP contribution >= 0.6 is 11.3 Å². The van der Waals surface area contributed by atoms with E-state index in [1.807, 2.05) is 12.3 Å². The average molecular weight is 411 g/mol. The predicted octanol–water partition coefficient (Wildman–Crippen LogP) is 4.84. The number of carbonyl (C=O) groups excluding carboxylic acids is 1. The third kappa shape index (κ3) is 5.25. The van der Waals surface area contributed by atoms with Crippen LogP contribution in [0.1, 0.15) is 43.4 Å². The Kier molecular flexibility index (Phi) is 6.59. The first-order chi connectivity index (χ1) is 13.4. The van der Waals surface area contributed by atoms with Crippen molar-refractivity contribution < 1.29 is 18.0 Å². The van der Waals surface area contributed by atoms with E-state index in [4.69, 9.17) is 0 Å². The van der Waals surface area contributed by atoms with Gasteiger partial charge >= 0.3 is 6.18 Å². The van der Waals surface area contributed by atoms with Crippen LogP contribution in [0.15, 0.2) is 35.7 Å². The van der Waals surface area contributed by atoms with E-state index < -0.39 is 24.4 Å². The maximum Gasteiger partial charge on any atom is 0.396 e. The van der Waals surface area contributed by atoms with Gasteiger partial charge in [0, 0.05) is 30.9 Å². The Morgan fingerprint density at radius 3 is 2.54 bits per heavy atom. The van der Waals surface area contributed by atoms with E-state index in [1.54, 1.807) is 34.4 Å². The smallest absolute Gasteiger partial charge is 0.359 e. The van der Waals surface area contributed by atoms with Gasteiger partial charge in [-0.15, -0.1) is 11.3 Å². The summed E-state index contributed by atoms with van der Waals surface area (Å²) in [6.45, 7) is 2.97. The Morgan fingerprint density at radius 1 is 1.29 bits per heavy atom. The number of amides is 1. The lowest BCUT2D eigenvalue weighted by Gasteiger charge is -2.33. The molecule has 0 spiro atoms. The van der Waals surface area contributed by atoms with Crippen LogP contribution < -0.4 is 5.32 Å². The number of nitrogens with one attached hydrogen (secondary N) is 1. The number of hydrogen-bond acceptors (Lipinski definition) is 4. The molecule has 152 valence electrons. The van der Waals surface area contributed by atoms with E-state index in [0.717, 1.165) is 17.2 Å². The first-order valence-electron chi connectivity index (χ1n) is 9.47. The number of hydrogen-bond donors (Lipinski definition) is 1. The molecule has 1 aliphatic rings. The van der Waals surface area contributed by atoms with Crippen molar-refractivity contribution in [3.05, 3.63) is 47.0 Å². The molecule has 2 heterocycles. The Hall–Kier alpha value is -2.09. The minimum Gasteiger partial charge on any atom is -0.359 e. The number of aryl methyl sites for hydroxylation is 1. The maximum absolute atomic E-state index is 13.5. The monoisotopic (exact) mass is 411 g/mol. The van der Waals surface area contributed by atoms with Gasteiger partial charge in [0.05, 0.1) is 11.6 Å². The van der Waals surface area contributed by atoms with Gasteiger partial charge in [-0.1, -0.05) is 37.3 Å². The minimum absolute atomic E-state index is 0.135. The average Bonchev–Trinajstić information content (AvgIpc) is 3.14. The fourth-order valence-corrected chi connectivity index (χ4v) is 4.27. The summed E-state index contributed by atoms with van der Waals surface area (Å²) < 4.78 is 40.4. The number of anilines is 1. The number of halogens is 3. The first-order valence-corrected chi connectivity index (χ1v) is 10.3. The largest absolute Gasteiger partial charge is 0.396 e. The topological polar surface area (TPSA) is 45.2 Å². The van der Waals surface area contributed by atoms with Gasteiger partial charge in [-0.25, -0.2) is 4.98 Å². The van der Waals surface area contributed by atoms with Crippen LogP contribution in [0.25, 0.3) is 0 Å². The SMILES string of the molecule is CCc1csc(NC2CCN(C(=O)CC(c3ccccc3)C(F)(F)F)CC2)n1. The van der Waals surface area contributed by atoms with Crippen LogP contribution in [0, 0.1) is 0 Å². The Bertz CT molecular complexity index is 771. The second kappa shape index (κ2) is 8.94. The van der Waals surface area contributed by atoms with Crippen LogP contribution in [0.5, 0.6) is 0 Å². The third-order valence-corrected chi connectivity index (χ3v) is 5.89. The van der Waals surface area contributed by atoms with Crippen LogP contribution in [0.3, 0.4) is 0 Å².